The maximum absolute atomic E-state index is 11.6. The molecule has 1 aromatic carbocycles. The van der Waals surface area contributed by atoms with Crippen LogP contribution >= 0.6 is 15.9 Å². The largest absolute Gasteiger partial charge is 0.308 e. The van der Waals surface area contributed by atoms with Crippen LogP contribution in [0.2, 0.25) is 0 Å². The molecule has 0 radical (unpaired) electrons. The molecule has 0 spiro atoms. The average molecular weight is 281 g/mol. The number of rotatable bonds is 1. The second kappa shape index (κ2) is 3.70. The van der Waals surface area contributed by atoms with Crippen LogP contribution in [0.3, 0.4) is 0 Å². The third kappa shape index (κ3) is 1.89. The number of carbonyl (C=O) groups is 1. The second-order valence-electron chi connectivity index (χ2n) is 4.43. The second-order valence-corrected chi connectivity index (χ2v) is 5.35. The minimum absolute atomic E-state index is 0.0511. The number of amidine groups is 1. The SMILES string of the molecule is Cc1cc(Br)ccc1C1=NC(C)(C)C(=O)N1. The summed E-state index contributed by atoms with van der Waals surface area (Å²) in [7, 11) is 0. The van der Waals surface area contributed by atoms with Gasteiger partial charge in [0.2, 0.25) is 0 Å². The monoisotopic (exact) mass is 280 g/mol. The third-order valence-electron chi connectivity index (χ3n) is 2.62. The predicted octanol–water partition coefficient (Wildman–Crippen LogP) is 2.41. The van der Waals surface area contributed by atoms with Crippen LogP contribution in [0.15, 0.2) is 27.7 Å². The summed E-state index contributed by atoms with van der Waals surface area (Å²) in [5.41, 5.74) is 1.41. The Kier molecular flexibility index (Phi) is 2.62. The molecule has 1 amide bonds. The molecule has 1 aliphatic heterocycles. The van der Waals surface area contributed by atoms with Gasteiger partial charge in [0.15, 0.2) is 0 Å². The molecule has 0 saturated heterocycles. The van der Waals surface area contributed by atoms with Crippen LogP contribution in [-0.2, 0) is 4.79 Å². The maximum Gasteiger partial charge on any atom is 0.252 e. The topological polar surface area (TPSA) is 41.5 Å². The van der Waals surface area contributed by atoms with Crippen molar-refractivity contribution < 1.29 is 4.79 Å². The molecule has 0 bridgehead atoms. The summed E-state index contributed by atoms with van der Waals surface area (Å²) < 4.78 is 1.03. The van der Waals surface area contributed by atoms with Crippen molar-refractivity contribution in [1.82, 2.24) is 5.32 Å². The predicted molar refractivity (Wildman–Crippen MR) is 67.6 cm³/mol. The van der Waals surface area contributed by atoms with Crippen molar-refractivity contribution in [2.24, 2.45) is 4.99 Å². The number of aryl methyl sites for hydroxylation is 1. The lowest BCUT2D eigenvalue weighted by atomic mass is 10.1. The smallest absolute Gasteiger partial charge is 0.252 e. The van der Waals surface area contributed by atoms with E-state index in [1.165, 1.54) is 0 Å². The molecule has 4 heteroatoms. The minimum atomic E-state index is -0.658. The number of aliphatic imine (C=N–C) groups is 1. The van der Waals surface area contributed by atoms with Crippen LogP contribution < -0.4 is 5.32 Å². The fourth-order valence-corrected chi connectivity index (χ4v) is 2.11. The molecule has 0 fully saturated rings. The first-order valence-electron chi connectivity index (χ1n) is 5.08. The van der Waals surface area contributed by atoms with Crippen LogP contribution in [0.1, 0.15) is 25.0 Å². The summed E-state index contributed by atoms with van der Waals surface area (Å²) in [5.74, 6) is 0.616. The van der Waals surface area contributed by atoms with Gasteiger partial charge in [-0.25, -0.2) is 0 Å². The molecule has 2 rings (SSSR count). The van der Waals surface area contributed by atoms with Crippen molar-refractivity contribution in [2.45, 2.75) is 26.3 Å². The van der Waals surface area contributed by atoms with Gasteiger partial charge in [0.05, 0.1) is 0 Å². The van der Waals surface area contributed by atoms with Crippen molar-refractivity contribution in [1.29, 1.82) is 0 Å². The van der Waals surface area contributed by atoms with Crippen LogP contribution in [0.25, 0.3) is 0 Å². The first-order chi connectivity index (χ1) is 7.40. The third-order valence-corrected chi connectivity index (χ3v) is 3.12. The molecular weight excluding hydrogens is 268 g/mol. The van der Waals surface area contributed by atoms with E-state index in [9.17, 15) is 4.79 Å². The van der Waals surface area contributed by atoms with Gasteiger partial charge < -0.3 is 5.32 Å². The van der Waals surface area contributed by atoms with E-state index in [1.54, 1.807) is 0 Å². The number of amides is 1. The lowest BCUT2D eigenvalue weighted by molar-refractivity contribution is -0.122. The van der Waals surface area contributed by atoms with Gasteiger partial charge in [0.25, 0.3) is 5.91 Å². The summed E-state index contributed by atoms with van der Waals surface area (Å²) in [6.45, 7) is 5.62. The minimum Gasteiger partial charge on any atom is -0.308 e. The van der Waals surface area contributed by atoms with E-state index in [0.29, 0.717) is 5.84 Å². The molecule has 1 N–H and O–H groups in total. The number of nitrogens with zero attached hydrogens (tertiary/aromatic N) is 1. The van der Waals surface area contributed by atoms with Crippen molar-refractivity contribution in [3.63, 3.8) is 0 Å². The van der Waals surface area contributed by atoms with Crippen LogP contribution in [0, 0.1) is 6.92 Å². The van der Waals surface area contributed by atoms with Gasteiger partial charge in [-0.1, -0.05) is 15.9 Å². The van der Waals surface area contributed by atoms with E-state index in [-0.39, 0.29) is 5.91 Å². The Morgan fingerprint density at radius 3 is 2.56 bits per heavy atom. The van der Waals surface area contributed by atoms with Crippen LogP contribution in [0.5, 0.6) is 0 Å². The average Bonchev–Trinajstić information content (AvgIpc) is 2.40. The zero-order valence-corrected chi connectivity index (χ0v) is 11.1. The first-order valence-corrected chi connectivity index (χ1v) is 5.87. The highest BCUT2D eigenvalue weighted by atomic mass is 79.9. The molecule has 84 valence electrons. The van der Waals surface area contributed by atoms with Crippen molar-refractivity contribution in [3.8, 4) is 0 Å². The molecule has 1 heterocycles. The van der Waals surface area contributed by atoms with Crippen LogP contribution in [-0.4, -0.2) is 17.3 Å². The van der Waals surface area contributed by atoms with Crippen molar-refractivity contribution in [3.05, 3.63) is 33.8 Å². The highest BCUT2D eigenvalue weighted by molar-refractivity contribution is 9.10. The van der Waals surface area contributed by atoms with E-state index in [0.717, 1.165) is 15.6 Å². The van der Waals surface area contributed by atoms with E-state index < -0.39 is 5.54 Å². The highest BCUT2D eigenvalue weighted by Crippen LogP contribution is 2.21. The van der Waals surface area contributed by atoms with E-state index in [4.69, 9.17) is 0 Å². The molecule has 0 saturated carbocycles. The lowest BCUT2D eigenvalue weighted by Gasteiger charge is -2.07. The molecular formula is C12H13BrN2O. The number of carbonyl (C=O) groups excluding carboxylic acids is 1. The van der Waals surface area contributed by atoms with Gasteiger partial charge in [-0.05, 0) is 44.5 Å². The van der Waals surface area contributed by atoms with E-state index >= 15 is 0 Å². The molecule has 0 atom stereocenters. The number of halogens is 1. The quantitative estimate of drug-likeness (QED) is 0.843. The van der Waals surface area contributed by atoms with Gasteiger partial charge in [-0.15, -0.1) is 0 Å². The van der Waals surface area contributed by atoms with Gasteiger partial charge in [0, 0.05) is 10.0 Å². The van der Waals surface area contributed by atoms with E-state index in [1.807, 2.05) is 39.0 Å². The Balaban J connectivity index is 2.44. The Hall–Kier alpha value is -1.16. The Bertz CT molecular complexity index is 492. The number of benzene rings is 1. The number of hydrogen-bond donors (Lipinski definition) is 1. The van der Waals surface area contributed by atoms with Gasteiger partial charge in [-0.3, -0.25) is 9.79 Å². The fourth-order valence-electron chi connectivity index (χ4n) is 1.64. The molecule has 0 aliphatic carbocycles. The molecule has 0 unspecified atom stereocenters. The Labute approximate surface area is 103 Å². The first kappa shape index (κ1) is 11.3. The fraction of sp³-hybridized carbons (Fsp3) is 0.333. The molecule has 1 aliphatic rings. The van der Waals surface area contributed by atoms with Gasteiger partial charge in [0.1, 0.15) is 11.4 Å². The molecule has 1 aromatic rings. The summed E-state index contributed by atoms with van der Waals surface area (Å²) in [6, 6.07) is 5.91. The molecule has 16 heavy (non-hydrogen) atoms. The number of hydrogen-bond acceptors (Lipinski definition) is 2. The van der Waals surface area contributed by atoms with Crippen LogP contribution in [0.4, 0.5) is 0 Å². The van der Waals surface area contributed by atoms with Crippen molar-refractivity contribution >= 4 is 27.7 Å². The summed E-state index contributed by atoms with van der Waals surface area (Å²) in [6.07, 6.45) is 0. The highest BCUT2D eigenvalue weighted by Gasteiger charge is 2.34. The Morgan fingerprint density at radius 2 is 2.06 bits per heavy atom. The van der Waals surface area contributed by atoms with Gasteiger partial charge >= 0.3 is 0 Å². The van der Waals surface area contributed by atoms with Gasteiger partial charge in [-0.2, -0.15) is 0 Å². The Morgan fingerprint density at radius 1 is 1.38 bits per heavy atom. The zero-order valence-electron chi connectivity index (χ0n) is 9.47. The van der Waals surface area contributed by atoms with E-state index in [2.05, 4.69) is 26.2 Å². The van der Waals surface area contributed by atoms with Crippen molar-refractivity contribution in [2.75, 3.05) is 0 Å². The number of nitrogens with one attached hydrogen (secondary N) is 1. The summed E-state index contributed by atoms with van der Waals surface area (Å²) in [4.78, 5) is 16.0. The summed E-state index contributed by atoms with van der Waals surface area (Å²) in [5, 5.41) is 2.82. The lowest BCUT2D eigenvalue weighted by Crippen LogP contribution is -2.34. The summed E-state index contributed by atoms with van der Waals surface area (Å²) >= 11 is 3.41. The standard InChI is InChI=1S/C12H13BrN2O/c1-7-6-8(13)4-5-9(7)10-14-11(16)12(2,3)15-10/h4-6H,1-3H3,(H,14,15,16). The maximum atomic E-state index is 11.6. The molecule has 3 nitrogen and oxygen atoms in total. The normalized spacial score (nSPS) is 18.2. The zero-order chi connectivity index (χ0) is 11.9. The molecule has 0 aromatic heterocycles.